The molecule has 0 aromatic carbocycles. The smallest absolute Gasteiger partial charge is 0.159 e. The molecule has 0 amide bonds. The molecule has 0 N–H and O–H groups in total. The average molecular weight is 164 g/mol. The number of carbonyl (C=O) groups excluding carboxylic acids is 2. The summed E-state index contributed by atoms with van der Waals surface area (Å²) in [6.07, 6.45) is 6.10. The predicted molar refractivity (Wildman–Crippen MR) is 48.8 cm³/mol. The van der Waals surface area contributed by atoms with E-state index in [1.807, 2.05) is 0 Å². The fourth-order valence-corrected chi connectivity index (χ4v) is 0.606. The summed E-state index contributed by atoms with van der Waals surface area (Å²) in [6, 6.07) is 0. The number of hydrogen-bond acceptors (Lipinski definition) is 2. The van der Waals surface area contributed by atoms with Crippen molar-refractivity contribution in [3.8, 4) is 0 Å². The van der Waals surface area contributed by atoms with Crippen molar-refractivity contribution in [2.75, 3.05) is 0 Å². The van der Waals surface area contributed by atoms with Gasteiger partial charge in [-0.3, -0.25) is 9.59 Å². The molecule has 0 aliphatic rings. The van der Waals surface area contributed by atoms with Crippen molar-refractivity contribution in [2.24, 2.45) is 0 Å². The molecule has 0 aliphatic heterocycles. The van der Waals surface area contributed by atoms with Crippen LogP contribution in [0.3, 0.4) is 0 Å². The molecule has 64 valence electrons. The molecule has 0 bridgehead atoms. The molecule has 0 aromatic heterocycles. The van der Waals surface area contributed by atoms with E-state index < -0.39 is 0 Å². The van der Waals surface area contributed by atoms with E-state index in [0.29, 0.717) is 0 Å². The van der Waals surface area contributed by atoms with E-state index in [0.717, 1.165) is 0 Å². The normalized spacial score (nSPS) is 9.67. The topological polar surface area (TPSA) is 34.1 Å². The Morgan fingerprint density at radius 1 is 0.917 bits per heavy atom. The van der Waals surface area contributed by atoms with Gasteiger partial charge in [0, 0.05) is 12.8 Å². The van der Waals surface area contributed by atoms with Crippen LogP contribution in [0.5, 0.6) is 0 Å². The lowest BCUT2D eigenvalue weighted by Gasteiger charge is -1.86. The van der Waals surface area contributed by atoms with Crippen molar-refractivity contribution in [1.29, 1.82) is 0 Å². The molecule has 0 rings (SSSR count). The van der Waals surface area contributed by atoms with Crippen LogP contribution < -0.4 is 0 Å². The molecular weight excluding hydrogens is 152 g/mol. The highest BCUT2D eigenvalue weighted by molar-refractivity contribution is 5.99. The van der Waals surface area contributed by atoms with Crippen molar-refractivity contribution in [1.82, 2.24) is 0 Å². The van der Waals surface area contributed by atoms with Gasteiger partial charge in [0.2, 0.25) is 0 Å². The van der Waals surface area contributed by atoms with Crippen LogP contribution in [0.1, 0.15) is 12.8 Å². The van der Waals surface area contributed by atoms with Crippen molar-refractivity contribution >= 4 is 11.6 Å². The molecule has 0 heterocycles. The Bertz CT molecular complexity index is 200. The number of hydrogen-bond donors (Lipinski definition) is 0. The highest BCUT2D eigenvalue weighted by Gasteiger charge is 1.94. The lowest BCUT2D eigenvalue weighted by molar-refractivity contribution is -0.116. The summed E-state index contributed by atoms with van der Waals surface area (Å²) >= 11 is 0. The molecule has 0 fully saturated rings. The maximum Gasteiger partial charge on any atom is 0.159 e. The van der Waals surface area contributed by atoms with E-state index in [2.05, 4.69) is 13.2 Å². The van der Waals surface area contributed by atoms with Gasteiger partial charge in [0.15, 0.2) is 11.6 Å². The third-order valence-corrected chi connectivity index (χ3v) is 1.15. The van der Waals surface area contributed by atoms with Gasteiger partial charge in [-0.25, -0.2) is 0 Å². The fourth-order valence-electron chi connectivity index (χ4n) is 0.606. The van der Waals surface area contributed by atoms with Gasteiger partial charge in [-0.15, -0.1) is 13.2 Å². The highest BCUT2D eigenvalue weighted by Crippen LogP contribution is 1.90. The minimum absolute atomic E-state index is 0.109. The second kappa shape index (κ2) is 6.28. The summed E-state index contributed by atoms with van der Waals surface area (Å²) in [4.78, 5) is 21.6. The Morgan fingerprint density at radius 2 is 1.25 bits per heavy atom. The Kier molecular flexibility index (Phi) is 5.53. The SMILES string of the molecule is C=CCC(=O)/C=C/C(=O)CC=C. The van der Waals surface area contributed by atoms with Gasteiger partial charge in [-0.05, 0) is 12.2 Å². The number of carbonyl (C=O) groups is 2. The zero-order chi connectivity index (χ0) is 9.40. The van der Waals surface area contributed by atoms with Crippen molar-refractivity contribution in [3.63, 3.8) is 0 Å². The molecule has 12 heavy (non-hydrogen) atoms. The Labute approximate surface area is 72.3 Å². The molecule has 2 heteroatoms. The van der Waals surface area contributed by atoms with Gasteiger partial charge in [-0.2, -0.15) is 0 Å². The van der Waals surface area contributed by atoms with Crippen LogP contribution in [0.2, 0.25) is 0 Å². The molecular formula is C10H12O2. The van der Waals surface area contributed by atoms with Crippen LogP contribution in [-0.2, 0) is 9.59 Å². The standard InChI is InChI=1S/C10H12O2/c1-3-5-9(11)7-8-10(12)6-4-2/h3-4,7-8H,1-2,5-6H2/b8-7+. The molecule has 2 nitrogen and oxygen atoms in total. The lowest BCUT2D eigenvalue weighted by Crippen LogP contribution is -1.93. The second-order valence-corrected chi connectivity index (χ2v) is 2.25. The van der Waals surface area contributed by atoms with E-state index >= 15 is 0 Å². The molecule has 0 radical (unpaired) electrons. The molecule has 0 atom stereocenters. The first kappa shape index (κ1) is 10.6. The molecule has 0 saturated heterocycles. The van der Waals surface area contributed by atoms with Crippen LogP contribution in [-0.4, -0.2) is 11.6 Å². The first-order chi connectivity index (χ1) is 5.70. The monoisotopic (exact) mass is 164 g/mol. The maximum atomic E-state index is 10.8. The van der Waals surface area contributed by atoms with E-state index in [1.165, 1.54) is 24.3 Å². The largest absolute Gasteiger partial charge is 0.295 e. The van der Waals surface area contributed by atoms with Crippen LogP contribution in [0.4, 0.5) is 0 Å². The van der Waals surface area contributed by atoms with Gasteiger partial charge in [0.05, 0.1) is 0 Å². The first-order valence-corrected chi connectivity index (χ1v) is 3.66. The molecule has 0 unspecified atom stereocenters. The summed E-state index contributed by atoms with van der Waals surface area (Å²) < 4.78 is 0. The van der Waals surface area contributed by atoms with Crippen LogP contribution in [0.15, 0.2) is 37.5 Å². The van der Waals surface area contributed by atoms with Gasteiger partial charge in [0.1, 0.15) is 0 Å². The highest BCUT2D eigenvalue weighted by atomic mass is 16.1. The van der Waals surface area contributed by atoms with E-state index in [-0.39, 0.29) is 24.4 Å². The van der Waals surface area contributed by atoms with E-state index in [1.54, 1.807) is 0 Å². The molecule has 0 spiro atoms. The minimum Gasteiger partial charge on any atom is -0.295 e. The van der Waals surface area contributed by atoms with E-state index in [4.69, 9.17) is 0 Å². The summed E-state index contributed by atoms with van der Waals surface area (Å²) in [6.45, 7) is 6.82. The second-order valence-electron chi connectivity index (χ2n) is 2.25. The van der Waals surface area contributed by atoms with Crippen molar-refractivity contribution in [2.45, 2.75) is 12.8 Å². The first-order valence-electron chi connectivity index (χ1n) is 3.66. The summed E-state index contributed by atoms with van der Waals surface area (Å²) in [7, 11) is 0. The third kappa shape index (κ3) is 5.35. The number of ketones is 2. The summed E-state index contributed by atoms with van der Waals surface area (Å²) in [5.41, 5.74) is 0. The van der Waals surface area contributed by atoms with Gasteiger partial charge >= 0.3 is 0 Å². The number of allylic oxidation sites excluding steroid dienone is 4. The predicted octanol–water partition coefficient (Wildman–Crippen LogP) is 1.83. The Hall–Kier alpha value is -1.44. The number of rotatable bonds is 6. The van der Waals surface area contributed by atoms with Gasteiger partial charge < -0.3 is 0 Å². The zero-order valence-electron chi connectivity index (χ0n) is 6.95. The Balaban J connectivity index is 3.88. The summed E-state index contributed by atoms with van der Waals surface area (Å²) in [5.74, 6) is -0.218. The third-order valence-electron chi connectivity index (χ3n) is 1.15. The van der Waals surface area contributed by atoms with Gasteiger partial charge in [-0.1, -0.05) is 12.2 Å². The quantitative estimate of drug-likeness (QED) is 0.443. The van der Waals surface area contributed by atoms with Gasteiger partial charge in [0.25, 0.3) is 0 Å². The zero-order valence-corrected chi connectivity index (χ0v) is 6.95. The molecule has 0 saturated carbocycles. The van der Waals surface area contributed by atoms with Crippen LogP contribution in [0, 0.1) is 0 Å². The van der Waals surface area contributed by atoms with Crippen molar-refractivity contribution in [3.05, 3.63) is 37.5 Å². The molecule has 0 aliphatic carbocycles. The fraction of sp³-hybridized carbons (Fsp3) is 0.200. The Morgan fingerprint density at radius 3 is 1.50 bits per heavy atom. The minimum atomic E-state index is -0.109. The van der Waals surface area contributed by atoms with Crippen molar-refractivity contribution < 1.29 is 9.59 Å². The van der Waals surface area contributed by atoms with Crippen LogP contribution in [0.25, 0.3) is 0 Å². The lowest BCUT2D eigenvalue weighted by atomic mass is 10.2. The molecule has 0 aromatic rings. The van der Waals surface area contributed by atoms with Crippen LogP contribution >= 0.6 is 0 Å². The maximum absolute atomic E-state index is 10.8. The summed E-state index contributed by atoms with van der Waals surface area (Å²) in [5, 5.41) is 0. The van der Waals surface area contributed by atoms with E-state index in [9.17, 15) is 9.59 Å². The average Bonchev–Trinajstić information content (AvgIpc) is 2.02.